The summed E-state index contributed by atoms with van der Waals surface area (Å²) in [7, 11) is 1.92. The van der Waals surface area contributed by atoms with Crippen LogP contribution in [0.15, 0.2) is 29.6 Å². The fourth-order valence-electron chi connectivity index (χ4n) is 2.10. The SMILES string of the molecule is CSc1ncc(CNC(=O)Nc2ccc3c(c2)OCO3)n1C. The van der Waals surface area contributed by atoms with Gasteiger partial charge in [-0.3, -0.25) is 0 Å². The summed E-state index contributed by atoms with van der Waals surface area (Å²) in [6, 6.07) is 4.98. The number of amides is 2. The highest BCUT2D eigenvalue weighted by atomic mass is 32.2. The number of aromatic nitrogens is 2. The van der Waals surface area contributed by atoms with E-state index in [1.165, 1.54) is 0 Å². The van der Waals surface area contributed by atoms with Crippen molar-refractivity contribution in [1.82, 2.24) is 14.9 Å². The molecule has 1 aromatic heterocycles. The molecule has 2 aromatic rings. The van der Waals surface area contributed by atoms with Crippen LogP contribution in [0.4, 0.5) is 10.5 Å². The quantitative estimate of drug-likeness (QED) is 0.845. The van der Waals surface area contributed by atoms with Gasteiger partial charge in [0.15, 0.2) is 16.7 Å². The molecule has 2 heterocycles. The van der Waals surface area contributed by atoms with E-state index in [2.05, 4.69) is 15.6 Å². The van der Waals surface area contributed by atoms with Crippen LogP contribution < -0.4 is 20.1 Å². The Labute approximate surface area is 132 Å². The zero-order valence-corrected chi connectivity index (χ0v) is 13.1. The lowest BCUT2D eigenvalue weighted by molar-refractivity contribution is 0.174. The molecule has 0 radical (unpaired) electrons. The number of rotatable bonds is 4. The van der Waals surface area contributed by atoms with Gasteiger partial charge in [0.1, 0.15) is 0 Å². The fraction of sp³-hybridized carbons (Fsp3) is 0.286. The van der Waals surface area contributed by atoms with Gasteiger partial charge >= 0.3 is 6.03 Å². The third-order valence-electron chi connectivity index (χ3n) is 3.28. The van der Waals surface area contributed by atoms with Crippen molar-refractivity contribution in [2.75, 3.05) is 18.4 Å². The summed E-state index contributed by atoms with van der Waals surface area (Å²) in [4.78, 5) is 16.2. The largest absolute Gasteiger partial charge is 0.454 e. The summed E-state index contributed by atoms with van der Waals surface area (Å²) >= 11 is 1.56. The zero-order valence-electron chi connectivity index (χ0n) is 12.3. The lowest BCUT2D eigenvalue weighted by atomic mass is 10.3. The standard InChI is InChI=1S/C14H16N4O3S/c1-18-10(7-16-14(18)22-2)6-15-13(19)17-9-3-4-11-12(5-9)21-8-20-11/h3-5,7H,6,8H2,1-2H3,(H2,15,17,19). The van der Waals surface area contributed by atoms with E-state index in [1.54, 1.807) is 36.2 Å². The Balaban J connectivity index is 1.57. The summed E-state index contributed by atoms with van der Waals surface area (Å²) in [5.74, 6) is 1.32. The minimum atomic E-state index is -0.286. The van der Waals surface area contributed by atoms with E-state index in [-0.39, 0.29) is 12.8 Å². The molecule has 0 saturated carbocycles. The minimum absolute atomic E-state index is 0.212. The fourth-order valence-corrected chi connectivity index (χ4v) is 2.65. The molecule has 116 valence electrons. The van der Waals surface area contributed by atoms with Crippen molar-refractivity contribution in [2.24, 2.45) is 7.05 Å². The van der Waals surface area contributed by atoms with Crippen LogP contribution in [0, 0.1) is 0 Å². The number of carbonyl (C=O) groups is 1. The molecule has 0 atom stereocenters. The Morgan fingerprint density at radius 2 is 2.23 bits per heavy atom. The molecule has 1 aliphatic heterocycles. The highest BCUT2D eigenvalue weighted by Gasteiger charge is 2.14. The highest BCUT2D eigenvalue weighted by Crippen LogP contribution is 2.34. The number of ether oxygens (including phenoxy) is 2. The minimum Gasteiger partial charge on any atom is -0.454 e. The van der Waals surface area contributed by atoms with E-state index in [1.807, 2.05) is 17.9 Å². The molecule has 0 fully saturated rings. The second kappa shape index (κ2) is 6.18. The number of fused-ring (bicyclic) bond motifs is 1. The van der Waals surface area contributed by atoms with Gasteiger partial charge in [0.05, 0.1) is 18.4 Å². The molecule has 3 rings (SSSR count). The number of anilines is 1. The number of hydrogen-bond donors (Lipinski definition) is 2. The first-order valence-electron chi connectivity index (χ1n) is 6.66. The van der Waals surface area contributed by atoms with Crippen molar-refractivity contribution >= 4 is 23.5 Å². The molecule has 2 N–H and O–H groups in total. The number of urea groups is 1. The van der Waals surface area contributed by atoms with Gasteiger partial charge in [-0.15, -0.1) is 0 Å². The van der Waals surface area contributed by atoms with Crippen molar-refractivity contribution in [2.45, 2.75) is 11.7 Å². The van der Waals surface area contributed by atoms with E-state index in [0.29, 0.717) is 23.7 Å². The number of nitrogens with zero attached hydrogens (tertiary/aromatic N) is 2. The lowest BCUT2D eigenvalue weighted by Gasteiger charge is -2.09. The number of hydrogen-bond acceptors (Lipinski definition) is 5. The first kappa shape index (κ1) is 14.6. The van der Waals surface area contributed by atoms with E-state index < -0.39 is 0 Å². The van der Waals surface area contributed by atoms with Crippen LogP contribution >= 0.6 is 11.8 Å². The number of imidazole rings is 1. The van der Waals surface area contributed by atoms with Gasteiger partial charge in [-0.05, 0) is 18.4 Å². The first-order chi connectivity index (χ1) is 10.7. The third-order valence-corrected chi connectivity index (χ3v) is 4.03. The van der Waals surface area contributed by atoms with Crippen molar-refractivity contribution in [3.8, 4) is 11.5 Å². The molecular formula is C14H16N4O3S. The van der Waals surface area contributed by atoms with E-state index in [9.17, 15) is 4.79 Å². The zero-order chi connectivity index (χ0) is 15.5. The smallest absolute Gasteiger partial charge is 0.319 e. The summed E-state index contributed by atoms with van der Waals surface area (Å²) < 4.78 is 12.5. The lowest BCUT2D eigenvalue weighted by Crippen LogP contribution is -2.28. The molecule has 0 unspecified atom stereocenters. The van der Waals surface area contributed by atoms with Gasteiger partial charge < -0.3 is 24.7 Å². The van der Waals surface area contributed by atoms with Crippen LogP contribution in [0.5, 0.6) is 11.5 Å². The molecule has 22 heavy (non-hydrogen) atoms. The average molecular weight is 320 g/mol. The third kappa shape index (κ3) is 2.96. The van der Waals surface area contributed by atoms with Gasteiger partial charge in [0.2, 0.25) is 6.79 Å². The maximum atomic E-state index is 11.9. The number of benzene rings is 1. The van der Waals surface area contributed by atoms with Crippen LogP contribution in [0.3, 0.4) is 0 Å². The second-order valence-electron chi connectivity index (χ2n) is 4.67. The maximum absolute atomic E-state index is 11.9. The molecule has 0 spiro atoms. The molecular weight excluding hydrogens is 304 g/mol. The monoisotopic (exact) mass is 320 g/mol. The predicted molar refractivity (Wildman–Crippen MR) is 83.4 cm³/mol. The summed E-state index contributed by atoms with van der Waals surface area (Å²) in [6.07, 6.45) is 3.72. The van der Waals surface area contributed by atoms with Crippen LogP contribution in [-0.2, 0) is 13.6 Å². The molecule has 2 amide bonds. The van der Waals surface area contributed by atoms with Crippen molar-refractivity contribution in [3.63, 3.8) is 0 Å². The topological polar surface area (TPSA) is 77.4 Å². The Kier molecular flexibility index (Phi) is 4.10. The average Bonchev–Trinajstić information content (AvgIpc) is 3.11. The van der Waals surface area contributed by atoms with Crippen molar-refractivity contribution in [3.05, 3.63) is 30.1 Å². The first-order valence-corrected chi connectivity index (χ1v) is 7.89. The summed E-state index contributed by atoms with van der Waals surface area (Å²) in [5.41, 5.74) is 1.58. The Bertz CT molecular complexity index is 701. The second-order valence-corrected chi connectivity index (χ2v) is 5.44. The van der Waals surface area contributed by atoms with Crippen molar-refractivity contribution in [1.29, 1.82) is 0 Å². The maximum Gasteiger partial charge on any atom is 0.319 e. The Hall–Kier alpha value is -2.35. The van der Waals surface area contributed by atoms with Crippen LogP contribution in [0.25, 0.3) is 0 Å². The molecule has 1 aromatic carbocycles. The van der Waals surface area contributed by atoms with Crippen molar-refractivity contribution < 1.29 is 14.3 Å². The molecule has 0 saturated heterocycles. The molecule has 8 heteroatoms. The molecule has 1 aliphatic rings. The van der Waals surface area contributed by atoms with E-state index in [4.69, 9.17) is 9.47 Å². The molecule has 0 bridgehead atoms. The van der Waals surface area contributed by atoms with Gasteiger partial charge in [-0.1, -0.05) is 11.8 Å². The number of thioether (sulfide) groups is 1. The molecule has 7 nitrogen and oxygen atoms in total. The van der Waals surface area contributed by atoms with Gasteiger partial charge in [-0.25, -0.2) is 9.78 Å². The van der Waals surface area contributed by atoms with Crippen LogP contribution in [0.2, 0.25) is 0 Å². The van der Waals surface area contributed by atoms with E-state index in [0.717, 1.165) is 10.9 Å². The van der Waals surface area contributed by atoms with Crippen LogP contribution in [0.1, 0.15) is 5.69 Å². The Morgan fingerprint density at radius 3 is 3.00 bits per heavy atom. The van der Waals surface area contributed by atoms with Gasteiger partial charge in [0.25, 0.3) is 0 Å². The Morgan fingerprint density at radius 1 is 1.41 bits per heavy atom. The number of carbonyl (C=O) groups excluding carboxylic acids is 1. The highest BCUT2D eigenvalue weighted by molar-refractivity contribution is 7.98. The van der Waals surface area contributed by atoms with Gasteiger partial charge in [-0.2, -0.15) is 0 Å². The molecule has 0 aliphatic carbocycles. The van der Waals surface area contributed by atoms with Gasteiger partial charge in [0, 0.05) is 18.8 Å². The summed E-state index contributed by atoms with van der Waals surface area (Å²) in [6.45, 7) is 0.615. The predicted octanol–water partition coefficient (Wildman–Crippen LogP) is 2.19. The summed E-state index contributed by atoms with van der Waals surface area (Å²) in [5, 5.41) is 6.47. The van der Waals surface area contributed by atoms with E-state index >= 15 is 0 Å². The number of nitrogens with one attached hydrogen (secondary N) is 2. The normalized spacial score (nSPS) is 12.3. The van der Waals surface area contributed by atoms with Crippen LogP contribution in [-0.4, -0.2) is 28.6 Å².